The number of benzene rings is 2. The molecule has 0 aliphatic carbocycles. The van der Waals surface area contributed by atoms with Crippen molar-refractivity contribution in [2.24, 2.45) is 5.73 Å². The summed E-state index contributed by atoms with van der Waals surface area (Å²) >= 11 is 0. The third kappa shape index (κ3) is 3.43. The molecular formula is C28H24N4O6. The van der Waals surface area contributed by atoms with Gasteiger partial charge >= 0.3 is 11.9 Å². The Bertz CT molecular complexity index is 1590. The Morgan fingerprint density at radius 3 is 2.55 bits per heavy atom. The van der Waals surface area contributed by atoms with Gasteiger partial charge in [-0.25, -0.2) is 4.79 Å². The third-order valence-corrected chi connectivity index (χ3v) is 6.62. The smallest absolute Gasteiger partial charge is 0.341 e. The summed E-state index contributed by atoms with van der Waals surface area (Å²) in [5.74, 6) is -2.61. The Morgan fingerprint density at radius 2 is 1.82 bits per heavy atom. The Balaban J connectivity index is 1.84. The highest BCUT2D eigenvalue weighted by molar-refractivity contribution is 6.21. The molecular weight excluding hydrogens is 488 g/mol. The van der Waals surface area contributed by atoms with E-state index in [1.54, 1.807) is 44.3 Å². The van der Waals surface area contributed by atoms with Crippen molar-refractivity contribution in [1.29, 1.82) is 5.26 Å². The molecule has 0 bridgehead atoms. The number of ether oxygens (including phenoxy) is 3. The number of nitrogens with two attached hydrogens (primary N) is 1. The summed E-state index contributed by atoms with van der Waals surface area (Å²) < 4.78 is 16.3. The van der Waals surface area contributed by atoms with Gasteiger partial charge in [-0.1, -0.05) is 36.4 Å². The SMILES string of the molecule is CCOC(=O)CN1C(=O)[C@@]2(C(C#N)=C(c3c[nH]c4ccccc34)OC(N)=C2C(=O)OCC)c2ccccc21. The molecule has 1 atom stereocenters. The predicted molar refractivity (Wildman–Crippen MR) is 137 cm³/mol. The van der Waals surface area contributed by atoms with Crippen LogP contribution in [0.5, 0.6) is 0 Å². The van der Waals surface area contributed by atoms with Gasteiger partial charge in [-0.3, -0.25) is 14.5 Å². The average molecular weight is 513 g/mol. The average Bonchev–Trinajstić information content (AvgIpc) is 3.43. The Labute approximate surface area is 217 Å². The number of aromatic nitrogens is 1. The molecule has 0 saturated heterocycles. The van der Waals surface area contributed by atoms with E-state index in [0.717, 1.165) is 10.9 Å². The molecule has 2 aromatic carbocycles. The Kier molecular flexibility index (Phi) is 6.12. The molecule has 2 aliphatic rings. The number of amides is 1. The van der Waals surface area contributed by atoms with Gasteiger partial charge in [-0.2, -0.15) is 5.26 Å². The summed E-state index contributed by atoms with van der Waals surface area (Å²) in [6.07, 6.45) is 1.65. The Morgan fingerprint density at radius 1 is 1.11 bits per heavy atom. The van der Waals surface area contributed by atoms with E-state index in [1.807, 2.05) is 24.3 Å². The first-order valence-electron chi connectivity index (χ1n) is 12.0. The highest BCUT2D eigenvalue weighted by Gasteiger charge is 2.63. The monoisotopic (exact) mass is 512 g/mol. The number of rotatable bonds is 6. The minimum Gasteiger partial charge on any atom is -0.465 e. The number of nitrogens with one attached hydrogen (secondary N) is 1. The van der Waals surface area contributed by atoms with Crippen LogP contribution in [0.1, 0.15) is 25.0 Å². The summed E-state index contributed by atoms with van der Waals surface area (Å²) in [5.41, 5.74) is 5.79. The van der Waals surface area contributed by atoms with Crippen LogP contribution in [0.25, 0.3) is 16.7 Å². The first-order chi connectivity index (χ1) is 18.4. The van der Waals surface area contributed by atoms with Crippen LogP contribution in [0, 0.1) is 11.3 Å². The summed E-state index contributed by atoms with van der Waals surface area (Å²) in [6.45, 7) is 2.96. The molecule has 192 valence electrons. The van der Waals surface area contributed by atoms with E-state index in [-0.39, 0.29) is 36.0 Å². The second kappa shape index (κ2) is 9.44. The fraction of sp³-hybridized carbons (Fsp3) is 0.214. The lowest BCUT2D eigenvalue weighted by Gasteiger charge is -2.35. The maximum atomic E-state index is 14.5. The normalized spacial score (nSPS) is 18.4. The first-order valence-corrected chi connectivity index (χ1v) is 12.0. The van der Waals surface area contributed by atoms with E-state index in [1.165, 1.54) is 4.90 Å². The van der Waals surface area contributed by atoms with Gasteiger partial charge in [-0.05, 0) is 26.0 Å². The maximum absolute atomic E-state index is 14.5. The molecule has 0 saturated carbocycles. The molecule has 10 heteroatoms. The summed E-state index contributed by atoms with van der Waals surface area (Å²) in [7, 11) is 0. The molecule has 3 N–H and O–H groups in total. The van der Waals surface area contributed by atoms with Gasteiger partial charge in [0.2, 0.25) is 11.8 Å². The number of carbonyl (C=O) groups is 3. The van der Waals surface area contributed by atoms with Crippen LogP contribution in [0.3, 0.4) is 0 Å². The lowest BCUT2D eigenvalue weighted by atomic mass is 9.67. The number of hydrogen-bond donors (Lipinski definition) is 2. The fourth-order valence-electron chi connectivity index (χ4n) is 5.16. The highest BCUT2D eigenvalue weighted by Crippen LogP contribution is 2.55. The molecule has 1 aromatic heterocycles. The van der Waals surface area contributed by atoms with Crippen molar-refractivity contribution in [3.8, 4) is 6.07 Å². The predicted octanol–water partition coefficient (Wildman–Crippen LogP) is 3.01. The lowest BCUT2D eigenvalue weighted by Crippen LogP contribution is -2.49. The minimum atomic E-state index is -2.01. The second-order valence-electron chi connectivity index (χ2n) is 8.59. The Hall–Kier alpha value is -5.04. The van der Waals surface area contributed by atoms with Crippen LogP contribution in [0.2, 0.25) is 0 Å². The standard InChI is InChI=1S/C28H24N4O6/c1-3-36-22(33)15-32-21-12-8-6-10-18(21)28(27(32)35)19(13-29)24(38-25(30)23(28)26(34)37-4-2)17-14-31-20-11-7-5-9-16(17)20/h5-12,14,31H,3-4,15,30H2,1-2H3/t28-/m1/s1. The van der Waals surface area contributed by atoms with Gasteiger partial charge < -0.3 is 24.9 Å². The summed E-state index contributed by atoms with van der Waals surface area (Å²) in [6, 6.07) is 16.1. The topological polar surface area (TPSA) is 148 Å². The molecule has 3 heterocycles. The van der Waals surface area contributed by atoms with Gasteiger partial charge in [0, 0.05) is 33.9 Å². The molecule has 2 aliphatic heterocycles. The first kappa shape index (κ1) is 24.6. The van der Waals surface area contributed by atoms with Crippen LogP contribution in [0.15, 0.2) is 71.8 Å². The van der Waals surface area contributed by atoms with E-state index >= 15 is 0 Å². The minimum absolute atomic E-state index is 0.00498. The number of carbonyl (C=O) groups excluding carboxylic acids is 3. The number of esters is 2. The van der Waals surface area contributed by atoms with E-state index in [0.29, 0.717) is 16.8 Å². The van der Waals surface area contributed by atoms with Crippen molar-refractivity contribution in [3.05, 3.63) is 82.9 Å². The zero-order chi connectivity index (χ0) is 27.0. The molecule has 1 spiro atoms. The van der Waals surface area contributed by atoms with E-state index in [4.69, 9.17) is 19.9 Å². The number of aromatic amines is 1. The van der Waals surface area contributed by atoms with Gasteiger partial charge in [0.15, 0.2) is 11.2 Å². The third-order valence-electron chi connectivity index (χ3n) is 6.62. The number of nitrogens with zero attached hydrogens (tertiary/aromatic N) is 2. The zero-order valence-electron chi connectivity index (χ0n) is 20.7. The van der Waals surface area contributed by atoms with Gasteiger partial charge in [-0.15, -0.1) is 0 Å². The number of H-pyrrole nitrogens is 1. The van der Waals surface area contributed by atoms with Crippen molar-refractivity contribution < 1.29 is 28.6 Å². The number of hydrogen-bond acceptors (Lipinski definition) is 8. The molecule has 0 fully saturated rings. The maximum Gasteiger partial charge on any atom is 0.341 e. The summed E-state index contributed by atoms with van der Waals surface area (Å²) in [5, 5.41) is 11.3. The van der Waals surface area contributed by atoms with Gasteiger partial charge in [0.1, 0.15) is 18.2 Å². The molecule has 5 rings (SSSR count). The number of nitriles is 1. The van der Waals surface area contributed by atoms with Crippen molar-refractivity contribution in [2.75, 3.05) is 24.7 Å². The van der Waals surface area contributed by atoms with Crippen molar-refractivity contribution >= 4 is 40.2 Å². The van der Waals surface area contributed by atoms with E-state index in [2.05, 4.69) is 11.1 Å². The van der Waals surface area contributed by atoms with E-state index in [9.17, 15) is 19.6 Å². The number of anilines is 1. The molecule has 0 radical (unpaired) electrons. The molecule has 10 nitrogen and oxygen atoms in total. The second-order valence-corrected chi connectivity index (χ2v) is 8.59. The van der Waals surface area contributed by atoms with Crippen molar-refractivity contribution in [3.63, 3.8) is 0 Å². The van der Waals surface area contributed by atoms with Gasteiger partial charge in [0.25, 0.3) is 0 Å². The molecule has 0 unspecified atom stereocenters. The van der Waals surface area contributed by atoms with Crippen LogP contribution in [0.4, 0.5) is 5.69 Å². The van der Waals surface area contributed by atoms with Crippen LogP contribution >= 0.6 is 0 Å². The fourth-order valence-corrected chi connectivity index (χ4v) is 5.16. The van der Waals surface area contributed by atoms with Crippen molar-refractivity contribution in [2.45, 2.75) is 19.3 Å². The lowest BCUT2D eigenvalue weighted by molar-refractivity contribution is -0.142. The largest absolute Gasteiger partial charge is 0.465 e. The van der Waals surface area contributed by atoms with Crippen molar-refractivity contribution in [1.82, 2.24) is 4.98 Å². The highest BCUT2D eigenvalue weighted by atomic mass is 16.5. The van der Waals surface area contributed by atoms with Crippen LogP contribution in [-0.2, 0) is 34.0 Å². The molecule has 3 aromatic rings. The zero-order valence-corrected chi connectivity index (χ0v) is 20.7. The van der Waals surface area contributed by atoms with Crippen LogP contribution < -0.4 is 10.6 Å². The quantitative estimate of drug-likeness (QED) is 0.479. The number of fused-ring (bicyclic) bond motifs is 3. The van der Waals surface area contributed by atoms with Crippen LogP contribution in [-0.4, -0.2) is 42.6 Å². The number of para-hydroxylation sites is 2. The van der Waals surface area contributed by atoms with E-state index < -0.39 is 29.8 Å². The van der Waals surface area contributed by atoms with Gasteiger partial charge in [0.05, 0.1) is 18.8 Å². The molecule has 1 amide bonds. The summed E-state index contributed by atoms with van der Waals surface area (Å²) in [4.78, 5) is 44.7. The molecule has 38 heavy (non-hydrogen) atoms.